The zero-order valence-electron chi connectivity index (χ0n) is 23.1. The number of rotatable bonds is 3. The lowest BCUT2D eigenvalue weighted by molar-refractivity contribution is -0.241. The summed E-state index contributed by atoms with van der Waals surface area (Å²) in [5.74, 6) is 0.435. The molecule has 0 spiro atoms. The van der Waals surface area contributed by atoms with Gasteiger partial charge < -0.3 is 25.2 Å². The second-order valence-electron chi connectivity index (χ2n) is 10.5. The maximum Gasteiger partial charge on any atom is 0.243 e. The first-order valence-electron chi connectivity index (χ1n) is 13.5. The molecule has 7 unspecified atom stereocenters. The minimum absolute atomic E-state index is 0.0771. The molecular formula is C30H48N2O4. The van der Waals surface area contributed by atoms with Gasteiger partial charge >= 0.3 is 0 Å². The Balaban J connectivity index is 2.18. The van der Waals surface area contributed by atoms with Crippen molar-refractivity contribution in [3.8, 4) is 0 Å². The van der Waals surface area contributed by atoms with Crippen LogP contribution in [0.3, 0.4) is 0 Å². The van der Waals surface area contributed by atoms with Gasteiger partial charge in [-0.25, -0.2) is 0 Å². The molecule has 3 N–H and O–H groups in total. The summed E-state index contributed by atoms with van der Waals surface area (Å²) in [7, 11) is 1.84. The summed E-state index contributed by atoms with van der Waals surface area (Å²) in [5, 5.41) is 16.7. The monoisotopic (exact) mass is 500 g/mol. The molecule has 0 saturated carbocycles. The van der Waals surface area contributed by atoms with Crippen molar-refractivity contribution >= 4 is 5.91 Å². The third-order valence-corrected chi connectivity index (χ3v) is 6.96. The van der Waals surface area contributed by atoms with Crippen molar-refractivity contribution in [2.45, 2.75) is 97.4 Å². The highest BCUT2D eigenvalue weighted by Gasteiger charge is 2.36. The number of hydrogen-bond donors (Lipinski definition) is 3. The van der Waals surface area contributed by atoms with Gasteiger partial charge in [-0.2, -0.15) is 0 Å². The van der Waals surface area contributed by atoms with Crippen molar-refractivity contribution in [3.63, 3.8) is 0 Å². The molecule has 0 aromatic rings. The van der Waals surface area contributed by atoms with Crippen LogP contribution in [0.2, 0.25) is 0 Å². The minimum atomic E-state index is -0.524. The van der Waals surface area contributed by atoms with Crippen molar-refractivity contribution in [1.29, 1.82) is 0 Å². The maximum atomic E-state index is 12.2. The van der Waals surface area contributed by atoms with E-state index in [1.807, 2.05) is 20.0 Å². The smallest absolute Gasteiger partial charge is 0.243 e. The highest BCUT2D eigenvalue weighted by Crippen LogP contribution is 2.26. The molecule has 202 valence electrons. The molecule has 2 rings (SSSR count). The number of carbonyl (C=O) groups excluding carboxylic acids is 1. The van der Waals surface area contributed by atoms with Crippen molar-refractivity contribution in [2.75, 3.05) is 13.6 Å². The van der Waals surface area contributed by atoms with E-state index in [-0.39, 0.29) is 30.1 Å². The van der Waals surface area contributed by atoms with Gasteiger partial charge in [0.15, 0.2) is 6.29 Å². The molecule has 0 radical (unpaired) electrons. The van der Waals surface area contributed by atoms with Crippen LogP contribution in [0.25, 0.3) is 0 Å². The van der Waals surface area contributed by atoms with Crippen LogP contribution in [-0.4, -0.2) is 55.2 Å². The van der Waals surface area contributed by atoms with Crippen molar-refractivity contribution in [1.82, 2.24) is 10.6 Å². The first kappa shape index (κ1) is 30.2. The summed E-state index contributed by atoms with van der Waals surface area (Å²) in [5.41, 5.74) is 2.62. The number of carbonyl (C=O) groups is 1. The van der Waals surface area contributed by atoms with Crippen LogP contribution in [0, 0.1) is 11.8 Å². The van der Waals surface area contributed by atoms with Gasteiger partial charge in [-0.1, -0.05) is 67.5 Å². The number of allylic oxidation sites excluding steroid dienone is 7. The number of hydrogen-bond acceptors (Lipinski definition) is 5. The van der Waals surface area contributed by atoms with Crippen molar-refractivity contribution in [2.24, 2.45) is 11.8 Å². The van der Waals surface area contributed by atoms with Gasteiger partial charge in [-0.3, -0.25) is 4.79 Å². The van der Waals surface area contributed by atoms with Crippen molar-refractivity contribution in [3.05, 3.63) is 59.8 Å². The zero-order valence-corrected chi connectivity index (χ0v) is 23.1. The third-order valence-electron chi connectivity index (χ3n) is 6.96. The molecule has 2 heterocycles. The lowest BCUT2D eigenvalue weighted by Crippen LogP contribution is -2.54. The molecule has 36 heavy (non-hydrogen) atoms. The fraction of sp³-hybridized carbons (Fsp3) is 0.633. The molecule has 2 aliphatic heterocycles. The van der Waals surface area contributed by atoms with E-state index in [1.54, 1.807) is 12.2 Å². The number of ether oxygens (including phenoxy) is 2. The Morgan fingerprint density at radius 1 is 1.14 bits per heavy atom. The quantitative estimate of drug-likeness (QED) is 0.477. The highest BCUT2D eigenvalue weighted by molar-refractivity contribution is 5.87. The Kier molecular flexibility index (Phi) is 13.4. The maximum absolute atomic E-state index is 12.2. The van der Waals surface area contributed by atoms with Crippen LogP contribution in [0.1, 0.15) is 66.7 Å². The Labute approximate surface area is 218 Å². The van der Waals surface area contributed by atoms with E-state index in [1.165, 1.54) is 11.1 Å². The Bertz CT molecular complexity index is 817. The highest BCUT2D eigenvalue weighted by atomic mass is 16.7. The van der Waals surface area contributed by atoms with Gasteiger partial charge in [-0.15, -0.1) is 0 Å². The summed E-state index contributed by atoms with van der Waals surface area (Å²) in [6.45, 7) is 11.2. The van der Waals surface area contributed by atoms with Crippen LogP contribution >= 0.6 is 0 Å². The van der Waals surface area contributed by atoms with E-state index in [2.05, 4.69) is 68.7 Å². The average molecular weight is 501 g/mol. The molecule has 0 bridgehead atoms. The molecule has 1 saturated heterocycles. The number of likely N-dealkylation sites (N-methyl/N-ethyl adjacent to an activating group) is 1. The topological polar surface area (TPSA) is 79.8 Å². The number of nitrogens with one attached hydrogen (secondary N) is 2. The van der Waals surface area contributed by atoms with E-state index in [4.69, 9.17) is 9.47 Å². The van der Waals surface area contributed by atoms with Gasteiger partial charge in [0.25, 0.3) is 0 Å². The molecule has 0 aliphatic carbocycles. The number of aliphatic hydroxyl groups is 1. The van der Waals surface area contributed by atoms with E-state index in [0.717, 1.165) is 25.7 Å². The van der Waals surface area contributed by atoms with E-state index in [0.29, 0.717) is 18.9 Å². The molecule has 0 aromatic carbocycles. The second-order valence-corrected chi connectivity index (χ2v) is 10.5. The Morgan fingerprint density at radius 2 is 1.92 bits per heavy atom. The molecule has 6 heteroatoms. The van der Waals surface area contributed by atoms with Crippen LogP contribution in [0.15, 0.2) is 59.8 Å². The second kappa shape index (κ2) is 16.0. The van der Waals surface area contributed by atoms with E-state index >= 15 is 0 Å². The molecule has 7 atom stereocenters. The first-order chi connectivity index (χ1) is 17.2. The number of aliphatic hydroxyl groups excluding tert-OH is 1. The lowest BCUT2D eigenvalue weighted by Gasteiger charge is -2.39. The van der Waals surface area contributed by atoms with Gasteiger partial charge in [0.2, 0.25) is 5.91 Å². The van der Waals surface area contributed by atoms with Gasteiger partial charge in [0.1, 0.15) is 0 Å². The third kappa shape index (κ3) is 11.0. The summed E-state index contributed by atoms with van der Waals surface area (Å²) in [6, 6.07) is -0.105. The van der Waals surface area contributed by atoms with E-state index < -0.39 is 12.4 Å². The fourth-order valence-corrected chi connectivity index (χ4v) is 4.68. The van der Waals surface area contributed by atoms with Crippen molar-refractivity contribution < 1.29 is 19.4 Å². The lowest BCUT2D eigenvalue weighted by atomic mass is 9.97. The molecule has 6 nitrogen and oxygen atoms in total. The summed E-state index contributed by atoms with van der Waals surface area (Å²) < 4.78 is 12.5. The van der Waals surface area contributed by atoms with Crippen LogP contribution in [-0.2, 0) is 14.3 Å². The van der Waals surface area contributed by atoms with Crippen LogP contribution < -0.4 is 10.6 Å². The zero-order chi connectivity index (χ0) is 26.5. The summed E-state index contributed by atoms with van der Waals surface area (Å²) in [6.07, 6.45) is 19.0. The molecule has 1 fully saturated rings. The van der Waals surface area contributed by atoms with Gasteiger partial charge in [0.05, 0.1) is 24.4 Å². The van der Waals surface area contributed by atoms with E-state index in [9.17, 15) is 9.90 Å². The molecule has 2 aliphatic rings. The number of amides is 1. The predicted molar refractivity (Wildman–Crippen MR) is 147 cm³/mol. The SMILES string of the molecule is CNC1C(O)CC(OC2C/C=C(\C)C/C(C)=C/C=C/CCC(C)CNC(=O)/C=C/C=C\C2C)OC1C. The summed E-state index contributed by atoms with van der Waals surface area (Å²) in [4.78, 5) is 12.2. The summed E-state index contributed by atoms with van der Waals surface area (Å²) >= 11 is 0. The van der Waals surface area contributed by atoms with Gasteiger partial charge in [-0.05, 0) is 59.4 Å². The predicted octanol–water partition coefficient (Wildman–Crippen LogP) is 4.98. The first-order valence-corrected chi connectivity index (χ1v) is 13.5. The fourth-order valence-electron chi connectivity index (χ4n) is 4.68. The van der Waals surface area contributed by atoms with Crippen LogP contribution in [0.4, 0.5) is 0 Å². The van der Waals surface area contributed by atoms with Gasteiger partial charge in [0, 0.05) is 25.0 Å². The largest absolute Gasteiger partial charge is 0.391 e. The minimum Gasteiger partial charge on any atom is -0.391 e. The Hall–Kier alpha value is -1.99. The average Bonchev–Trinajstić information content (AvgIpc) is 2.82. The normalized spacial score (nSPS) is 39.5. The molecular weight excluding hydrogens is 452 g/mol. The van der Waals surface area contributed by atoms with Crippen LogP contribution in [0.5, 0.6) is 0 Å². The Morgan fingerprint density at radius 3 is 2.64 bits per heavy atom. The molecule has 1 amide bonds. The molecule has 0 aromatic heterocycles. The standard InChI is InChI=1S/C30H48N2O4/c1-21-12-8-7-9-13-23(3)20-32-28(34)15-11-10-14-24(4)27(17-16-22(2)18-21)36-29-19-26(33)30(31-6)25(5)35-29/h7-8,10-12,14-16,23-27,29-31,33H,9,13,17-20H2,1-6H3,(H,32,34)/b8-7+,14-10-,15-11+,21-12+,22-16+.